The molecule has 0 spiro atoms. The molecular weight excluding hydrogens is 446 g/mol. The maximum atomic E-state index is 6.23. The highest BCUT2D eigenvalue weighted by Gasteiger charge is 2.52. The third-order valence-corrected chi connectivity index (χ3v) is 8.42. The molecule has 0 aliphatic carbocycles. The van der Waals surface area contributed by atoms with E-state index in [2.05, 4.69) is 128 Å². The van der Waals surface area contributed by atoms with Crippen molar-refractivity contribution in [2.24, 2.45) is 0 Å². The van der Waals surface area contributed by atoms with Crippen molar-refractivity contribution in [2.45, 2.75) is 77.8 Å². The average molecular weight is 482 g/mol. The van der Waals surface area contributed by atoms with Gasteiger partial charge in [-0.2, -0.15) is 0 Å². The summed E-state index contributed by atoms with van der Waals surface area (Å²) in [5.74, 6) is 0. The standard InChI is InChI=1S/C30H36B2O4/c1-27(2)28(3,4)34-31(33-27)23-17-13-21(14-18-23)25-11-9-10-12-26(25)22-15-19-24(20-16-22)32-35-29(5,6)30(7,8)36-32/h9-20H,1-8H3. The summed E-state index contributed by atoms with van der Waals surface area (Å²) < 4.78 is 24.9. The number of hydrogen-bond donors (Lipinski definition) is 0. The monoisotopic (exact) mass is 482 g/mol. The van der Waals surface area contributed by atoms with Gasteiger partial charge in [0.15, 0.2) is 0 Å². The summed E-state index contributed by atoms with van der Waals surface area (Å²) in [5, 5.41) is 0. The molecule has 0 unspecified atom stereocenters. The van der Waals surface area contributed by atoms with Crippen molar-refractivity contribution >= 4 is 25.2 Å². The number of rotatable bonds is 4. The fourth-order valence-corrected chi connectivity index (χ4v) is 4.58. The number of benzene rings is 3. The Labute approximate surface area is 216 Å². The molecule has 2 saturated heterocycles. The minimum absolute atomic E-state index is 0.352. The van der Waals surface area contributed by atoms with E-state index in [-0.39, 0.29) is 36.6 Å². The molecule has 186 valence electrons. The topological polar surface area (TPSA) is 36.9 Å². The van der Waals surface area contributed by atoms with Gasteiger partial charge in [-0.3, -0.25) is 0 Å². The Morgan fingerprint density at radius 1 is 0.417 bits per heavy atom. The molecular formula is C30H36B2O4. The Morgan fingerprint density at radius 3 is 0.972 bits per heavy atom. The molecule has 2 aliphatic heterocycles. The third kappa shape index (κ3) is 4.35. The molecule has 5 rings (SSSR count). The fraction of sp³-hybridized carbons (Fsp3) is 0.400. The molecule has 0 atom stereocenters. The van der Waals surface area contributed by atoms with E-state index in [4.69, 9.17) is 18.6 Å². The number of hydrogen-bond acceptors (Lipinski definition) is 4. The van der Waals surface area contributed by atoms with E-state index in [9.17, 15) is 0 Å². The lowest BCUT2D eigenvalue weighted by Crippen LogP contribution is -2.41. The first-order valence-corrected chi connectivity index (χ1v) is 12.8. The van der Waals surface area contributed by atoms with Crippen LogP contribution in [0.2, 0.25) is 0 Å². The highest BCUT2D eigenvalue weighted by molar-refractivity contribution is 6.62. The van der Waals surface area contributed by atoms with Crippen molar-refractivity contribution in [3.63, 3.8) is 0 Å². The molecule has 0 aromatic heterocycles. The van der Waals surface area contributed by atoms with Crippen molar-refractivity contribution < 1.29 is 18.6 Å². The smallest absolute Gasteiger partial charge is 0.399 e. The molecule has 0 bridgehead atoms. The molecule has 2 heterocycles. The molecule has 3 aromatic rings. The summed E-state index contributed by atoms with van der Waals surface area (Å²) >= 11 is 0. The fourth-order valence-electron chi connectivity index (χ4n) is 4.58. The van der Waals surface area contributed by atoms with E-state index in [0.717, 1.165) is 22.1 Å². The van der Waals surface area contributed by atoms with Gasteiger partial charge in [-0.1, -0.05) is 72.8 Å². The zero-order valence-electron chi connectivity index (χ0n) is 22.7. The second-order valence-corrected chi connectivity index (χ2v) is 12.0. The van der Waals surface area contributed by atoms with Crippen LogP contribution in [-0.4, -0.2) is 36.6 Å². The van der Waals surface area contributed by atoms with E-state index in [1.165, 1.54) is 11.1 Å². The molecule has 0 amide bonds. The van der Waals surface area contributed by atoms with Gasteiger partial charge in [0, 0.05) is 0 Å². The zero-order valence-corrected chi connectivity index (χ0v) is 22.7. The Hall–Kier alpha value is -2.37. The van der Waals surface area contributed by atoms with E-state index in [1.807, 2.05) is 0 Å². The van der Waals surface area contributed by atoms with Crippen molar-refractivity contribution in [1.29, 1.82) is 0 Å². The second-order valence-electron chi connectivity index (χ2n) is 12.0. The third-order valence-electron chi connectivity index (χ3n) is 8.42. The average Bonchev–Trinajstić information content (AvgIpc) is 3.19. The van der Waals surface area contributed by atoms with Gasteiger partial charge >= 0.3 is 14.2 Å². The van der Waals surface area contributed by atoms with Gasteiger partial charge in [-0.25, -0.2) is 0 Å². The molecule has 2 aliphatic rings. The van der Waals surface area contributed by atoms with Gasteiger partial charge in [0.25, 0.3) is 0 Å². The van der Waals surface area contributed by atoms with Gasteiger partial charge < -0.3 is 18.6 Å². The van der Waals surface area contributed by atoms with Crippen molar-refractivity contribution in [1.82, 2.24) is 0 Å². The molecule has 0 radical (unpaired) electrons. The first kappa shape index (κ1) is 25.3. The Morgan fingerprint density at radius 2 is 0.694 bits per heavy atom. The minimum atomic E-state index is -0.359. The lowest BCUT2D eigenvalue weighted by molar-refractivity contribution is 0.00578. The quantitative estimate of drug-likeness (QED) is 0.453. The molecule has 0 N–H and O–H groups in total. The van der Waals surface area contributed by atoms with E-state index in [1.54, 1.807) is 0 Å². The normalized spacial score (nSPS) is 21.7. The van der Waals surface area contributed by atoms with Crippen LogP contribution < -0.4 is 10.9 Å². The Kier molecular flexibility index (Phi) is 6.04. The molecule has 2 fully saturated rings. The lowest BCUT2D eigenvalue weighted by Gasteiger charge is -2.32. The highest BCUT2D eigenvalue weighted by Crippen LogP contribution is 2.38. The van der Waals surface area contributed by atoms with Gasteiger partial charge in [-0.05, 0) is 88.6 Å². The van der Waals surface area contributed by atoms with Crippen LogP contribution in [-0.2, 0) is 18.6 Å². The van der Waals surface area contributed by atoms with Crippen LogP contribution in [0.1, 0.15) is 55.4 Å². The SMILES string of the molecule is CC1(C)OB(c2ccc(-c3ccccc3-c3ccc(B4OC(C)(C)C(C)(C)O4)cc3)cc2)OC1(C)C. The Balaban J connectivity index is 1.38. The van der Waals surface area contributed by atoms with Crippen LogP contribution in [0.4, 0.5) is 0 Å². The van der Waals surface area contributed by atoms with Crippen LogP contribution in [0.25, 0.3) is 22.3 Å². The molecule has 36 heavy (non-hydrogen) atoms. The van der Waals surface area contributed by atoms with Crippen LogP contribution in [0.5, 0.6) is 0 Å². The van der Waals surface area contributed by atoms with Crippen LogP contribution in [0.3, 0.4) is 0 Å². The maximum absolute atomic E-state index is 6.23. The highest BCUT2D eigenvalue weighted by atomic mass is 16.7. The Bertz CT molecular complexity index is 1120. The predicted molar refractivity (Wildman–Crippen MR) is 149 cm³/mol. The van der Waals surface area contributed by atoms with Gasteiger partial charge in [0.2, 0.25) is 0 Å². The van der Waals surface area contributed by atoms with E-state index >= 15 is 0 Å². The summed E-state index contributed by atoms with van der Waals surface area (Å²) in [7, 11) is -0.719. The van der Waals surface area contributed by atoms with E-state index in [0.29, 0.717) is 0 Å². The van der Waals surface area contributed by atoms with Gasteiger partial charge in [-0.15, -0.1) is 0 Å². The maximum Gasteiger partial charge on any atom is 0.494 e. The predicted octanol–water partition coefficient (Wildman–Crippen LogP) is 5.62. The summed E-state index contributed by atoms with van der Waals surface area (Å²) in [6, 6.07) is 25.5. The van der Waals surface area contributed by atoms with Gasteiger partial charge in [0.05, 0.1) is 22.4 Å². The first-order valence-electron chi connectivity index (χ1n) is 12.8. The first-order chi connectivity index (χ1) is 16.8. The summed E-state index contributed by atoms with van der Waals surface area (Å²) in [6.07, 6.45) is 0. The summed E-state index contributed by atoms with van der Waals surface area (Å²) in [6.45, 7) is 16.6. The van der Waals surface area contributed by atoms with Crippen LogP contribution >= 0.6 is 0 Å². The molecule has 3 aromatic carbocycles. The second kappa shape index (κ2) is 8.59. The van der Waals surface area contributed by atoms with Crippen molar-refractivity contribution in [3.8, 4) is 22.3 Å². The molecule has 6 heteroatoms. The largest absolute Gasteiger partial charge is 0.494 e. The lowest BCUT2D eigenvalue weighted by atomic mass is 9.77. The van der Waals surface area contributed by atoms with Crippen LogP contribution in [0, 0.1) is 0 Å². The molecule has 4 nitrogen and oxygen atoms in total. The van der Waals surface area contributed by atoms with Crippen molar-refractivity contribution in [3.05, 3.63) is 72.8 Å². The molecule has 0 saturated carbocycles. The summed E-state index contributed by atoms with van der Waals surface area (Å²) in [5.41, 5.74) is 5.32. The van der Waals surface area contributed by atoms with Crippen LogP contribution in [0.15, 0.2) is 72.8 Å². The van der Waals surface area contributed by atoms with E-state index < -0.39 is 0 Å². The van der Waals surface area contributed by atoms with Gasteiger partial charge in [0.1, 0.15) is 0 Å². The zero-order chi connectivity index (χ0) is 25.9. The van der Waals surface area contributed by atoms with Crippen molar-refractivity contribution in [2.75, 3.05) is 0 Å². The minimum Gasteiger partial charge on any atom is -0.399 e. The summed E-state index contributed by atoms with van der Waals surface area (Å²) in [4.78, 5) is 0.